The van der Waals surface area contributed by atoms with Gasteiger partial charge in [0.15, 0.2) is 5.76 Å². The van der Waals surface area contributed by atoms with E-state index >= 15 is 0 Å². The van der Waals surface area contributed by atoms with Gasteiger partial charge in [-0.25, -0.2) is 0 Å². The van der Waals surface area contributed by atoms with Gasteiger partial charge < -0.3 is 21.3 Å². The summed E-state index contributed by atoms with van der Waals surface area (Å²) in [5, 5.41) is 22.9. The van der Waals surface area contributed by atoms with E-state index in [0.717, 1.165) is 25.6 Å². The summed E-state index contributed by atoms with van der Waals surface area (Å²) in [4.78, 5) is 0. The number of aliphatic hydroxyl groups is 1. The molecule has 0 fully saturated rings. The molecule has 5 heteroatoms. The first-order valence-electron chi connectivity index (χ1n) is 5.28. The number of hydrogen-bond donors (Lipinski definition) is 4. The van der Waals surface area contributed by atoms with Gasteiger partial charge in [-0.3, -0.25) is 0 Å². The summed E-state index contributed by atoms with van der Waals surface area (Å²) in [5.74, 6) is -0.0694. The van der Waals surface area contributed by atoms with Crippen LogP contribution in [0.1, 0.15) is 19.8 Å². The van der Waals surface area contributed by atoms with E-state index in [1.165, 1.54) is 0 Å². The number of nitrogens with one attached hydrogen (secondary N) is 3. The summed E-state index contributed by atoms with van der Waals surface area (Å²) in [5.41, 5.74) is 3.38. The molecule has 0 aliphatic heterocycles. The number of likely N-dealkylation sites (N-methyl/N-ethyl adjacent to an activating group) is 1. The highest BCUT2D eigenvalue weighted by Crippen LogP contribution is 1.98. The molecule has 16 heavy (non-hydrogen) atoms. The summed E-state index contributed by atoms with van der Waals surface area (Å²) in [7, 11) is 1.70. The molecule has 0 atom stereocenters. The SMILES string of the molecule is CCN/N=C\CC/C=C\C(NC)=C(\O)C=N. The van der Waals surface area contributed by atoms with E-state index in [-0.39, 0.29) is 5.76 Å². The third-order valence-corrected chi connectivity index (χ3v) is 1.77. The average Bonchev–Trinajstić information content (AvgIpc) is 2.32. The van der Waals surface area contributed by atoms with Gasteiger partial charge >= 0.3 is 0 Å². The fraction of sp³-hybridized carbons (Fsp3) is 0.455. The van der Waals surface area contributed by atoms with E-state index in [2.05, 4.69) is 15.8 Å². The van der Waals surface area contributed by atoms with Crippen molar-refractivity contribution in [3.63, 3.8) is 0 Å². The van der Waals surface area contributed by atoms with Gasteiger partial charge in [0.1, 0.15) is 0 Å². The van der Waals surface area contributed by atoms with Gasteiger partial charge in [0, 0.05) is 19.8 Å². The molecule has 0 saturated carbocycles. The van der Waals surface area contributed by atoms with E-state index in [9.17, 15) is 5.11 Å². The minimum atomic E-state index is -0.0694. The Hall–Kier alpha value is -1.78. The highest BCUT2D eigenvalue weighted by Gasteiger charge is 1.94. The number of unbranched alkanes of at least 4 members (excludes halogenated alkanes) is 1. The lowest BCUT2D eigenvalue weighted by Gasteiger charge is -2.01. The molecule has 0 aromatic heterocycles. The molecule has 0 bridgehead atoms. The highest BCUT2D eigenvalue weighted by atomic mass is 16.3. The third-order valence-electron chi connectivity index (χ3n) is 1.77. The van der Waals surface area contributed by atoms with E-state index < -0.39 is 0 Å². The Bertz CT molecular complexity index is 282. The van der Waals surface area contributed by atoms with E-state index in [1.807, 2.05) is 19.2 Å². The Morgan fingerprint density at radius 1 is 1.44 bits per heavy atom. The van der Waals surface area contributed by atoms with Gasteiger partial charge in [-0.05, 0) is 25.8 Å². The van der Waals surface area contributed by atoms with Crippen LogP contribution >= 0.6 is 0 Å². The number of hydrogen-bond acceptors (Lipinski definition) is 5. The minimum absolute atomic E-state index is 0.0694. The molecule has 4 N–H and O–H groups in total. The lowest BCUT2D eigenvalue weighted by atomic mass is 10.2. The molecule has 90 valence electrons. The summed E-state index contributed by atoms with van der Waals surface area (Å²) in [6.45, 7) is 2.81. The standard InChI is InChI=1S/C11H20N4O/c1-3-14-15-8-6-4-5-7-10(13-2)11(16)9-12/h5,7-9,12-14,16H,3-4,6H2,1-2H3/b7-5-,11-10-,12-9?,15-8-. The predicted octanol–water partition coefficient (Wildman–Crippen LogP) is 1.56. The van der Waals surface area contributed by atoms with Crippen LogP contribution in [0.3, 0.4) is 0 Å². The van der Waals surface area contributed by atoms with Gasteiger partial charge in [0.25, 0.3) is 0 Å². The molecule has 0 heterocycles. The topological polar surface area (TPSA) is 80.5 Å². The van der Waals surface area contributed by atoms with Crippen molar-refractivity contribution >= 4 is 12.4 Å². The molecular weight excluding hydrogens is 204 g/mol. The van der Waals surface area contributed by atoms with Crippen LogP contribution in [0.25, 0.3) is 0 Å². The van der Waals surface area contributed by atoms with E-state index in [1.54, 1.807) is 13.1 Å². The van der Waals surface area contributed by atoms with Crippen molar-refractivity contribution in [2.45, 2.75) is 19.8 Å². The molecule has 0 aliphatic carbocycles. The maximum absolute atomic E-state index is 9.28. The summed E-state index contributed by atoms with van der Waals surface area (Å²) >= 11 is 0. The first-order valence-corrected chi connectivity index (χ1v) is 5.28. The Kier molecular flexibility index (Phi) is 8.68. The van der Waals surface area contributed by atoms with Crippen molar-refractivity contribution in [3.05, 3.63) is 23.6 Å². The van der Waals surface area contributed by atoms with Crippen LogP contribution in [0.15, 0.2) is 28.7 Å². The smallest absolute Gasteiger partial charge is 0.156 e. The second kappa shape index (κ2) is 9.76. The monoisotopic (exact) mass is 224 g/mol. The molecule has 0 aromatic rings. The quantitative estimate of drug-likeness (QED) is 0.166. The second-order valence-corrected chi connectivity index (χ2v) is 3.00. The van der Waals surface area contributed by atoms with Gasteiger partial charge in [0.05, 0.1) is 11.9 Å². The maximum Gasteiger partial charge on any atom is 0.156 e. The number of allylic oxidation sites excluding steroid dienone is 3. The lowest BCUT2D eigenvalue weighted by molar-refractivity contribution is 0.437. The second-order valence-electron chi connectivity index (χ2n) is 3.00. The van der Waals surface area contributed by atoms with Crippen LogP contribution in [0.2, 0.25) is 0 Å². The number of hydrazone groups is 1. The Balaban J connectivity index is 3.95. The molecule has 0 spiro atoms. The molecule has 0 rings (SSSR count). The summed E-state index contributed by atoms with van der Waals surface area (Å²) in [6.07, 6.45) is 8.07. The van der Waals surface area contributed by atoms with Crippen molar-refractivity contribution in [3.8, 4) is 0 Å². The van der Waals surface area contributed by atoms with E-state index in [0.29, 0.717) is 5.70 Å². The average molecular weight is 224 g/mol. The number of rotatable bonds is 8. The maximum atomic E-state index is 9.28. The van der Waals surface area contributed by atoms with Crippen molar-refractivity contribution in [1.29, 1.82) is 5.41 Å². The van der Waals surface area contributed by atoms with Gasteiger partial charge in [-0.2, -0.15) is 5.10 Å². The molecule has 0 radical (unpaired) electrons. The van der Waals surface area contributed by atoms with Crippen LogP contribution in [-0.2, 0) is 0 Å². The molecule has 0 unspecified atom stereocenters. The van der Waals surface area contributed by atoms with Crippen molar-refractivity contribution in [2.75, 3.05) is 13.6 Å². The normalized spacial score (nSPS) is 12.9. The lowest BCUT2D eigenvalue weighted by Crippen LogP contribution is -2.07. The Morgan fingerprint density at radius 3 is 2.75 bits per heavy atom. The summed E-state index contributed by atoms with van der Waals surface area (Å²) < 4.78 is 0. The highest BCUT2D eigenvalue weighted by molar-refractivity contribution is 5.74. The molecular formula is C11H20N4O. The minimum Gasteiger partial charge on any atom is -0.504 e. The fourth-order valence-corrected chi connectivity index (χ4v) is 0.967. The van der Waals surface area contributed by atoms with Gasteiger partial charge in [0.2, 0.25) is 0 Å². The number of nitrogens with zero attached hydrogens (tertiary/aromatic N) is 1. The fourth-order valence-electron chi connectivity index (χ4n) is 0.967. The molecule has 0 amide bonds. The zero-order valence-electron chi connectivity index (χ0n) is 9.83. The Labute approximate surface area is 96.5 Å². The Morgan fingerprint density at radius 2 is 2.19 bits per heavy atom. The zero-order chi connectivity index (χ0) is 12.2. The van der Waals surface area contributed by atoms with Crippen LogP contribution in [-0.4, -0.2) is 31.1 Å². The largest absolute Gasteiger partial charge is 0.504 e. The third kappa shape index (κ3) is 6.64. The molecule has 5 nitrogen and oxygen atoms in total. The van der Waals surface area contributed by atoms with Crippen LogP contribution in [0.5, 0.6) is 0 Å². The van der Waals surface area contributed by atoms with Gasteiger partial charge in [-0.1, -0.05) is 6.08 Å². The molecule has 0 saturated heterocycles. The number of aliphatic hydroxyl groups excluding tert-OH is 1. The van der Waals surface area contributed by atoms with Crippen LogP contribution in [0, 0.1) is 5.41 Å². The van der Waals surface area contributed by atoms with Crippen molar-refractivity contribution in [2.24, 2.45) is 5.10 Å². The molecule has 0 aliphatic rings. The first kappa shape index (κ1) is 14.2. The zero-order valence-corrected chi connectivity index (χ0v) is 9.83. The van der Waals surface area contributed by atoms with Crippen LogP contribution < -0.4 is 10.7 Å². The predicted molar refractivity (Wildman–Crippen MR) is 68.0 cm³/mol. The van der Waals surface area contributed by atoms with Crippen molar-refractivity contribution in [1.82, 2.24) is 10.7 Å². The first-order chi connectivity index (χ1) is 7.76. The van der Waals surface area contributed by atoms with Crippen LogP contribution in [0.4, 0.5) is 0 Å². The summed E-state index contributed by atoms with van der Waals surface area (Å²) in [6, 6.07) is 0. The molecule has 0 aromatic carbocycles. The van der Waals surface area contributed by atoms with Crippen molar-refractivity contribution < 1.29 is 5.11 Å². The van der Waals surface area contributed by atoms with Gasteiger partial charge in [-0.15, -0.1) is 0 Å². The van der Waals surface area contributed by atoms with E-state index in [4.69, 9.17) is 5.41 Å².